The maximum atomic E-state index is 11.8. The van der Waals surface area contributed by atoms with Crippen molar-refractivity contribution in [3.05, 3.63) is 29.8 Å². The molecule has 0 aliphatic heterocycles. The highest BCUT2D eigenvalue weighted by Crippen LogP contribution is 2.07. The van der Waals surface area contributed by atoms with Gasteiger partial charge in [0.05, 0.1) is 6.10 Å². The molecule has 0 aliphatic rings. The van der Waals surface area contributed by atoms with E-state index in [-0.39, 0.29) is 12.0 Å². The van der Waals surface area contributed by atoms with Crippen LogP contribution in [0.5, 0.6) is 0 Å². The largest absolute Gasteiger partial charge is 0.379 e. The number of unbranched alkanes of at least 4 members (excludes halogenated alkanes) is 1. The first-order valence-electron chi connectivity index (χ1n) is 6.60. The number of amides is 1. The fourth-order valence-electron chi connectivity index (χ4n) is 1.57. The molecule has 5 heteroatoms. The number of nitrogens with two attached hydrogens (primary N) is 1. The van der Waals surface area contributed by atoms with Crippen LogP contribution >= 0.6 is 0 Å². The number of anilines is 1. The fourth-order valence-corrected chi connectivity index (χ4v) is 1.57. The van der Waals surface area contributed by atoms with Crippen molar-refractivity contribution in [2.24, 2.45) is 5.84 Å². The lowest BCUT2D eigenvalue weighted by molar-refractivity contribution is 0.0754. The van der Waals surface area contributed by atoms with Crippen LogP contribution in [0.15, 0.2) is 24.3 Å². The molecule has 0 aromatic heterocycles. The number of hydrogen-bond donors (Lipinski definition) is 3. The summed E-state index contributed by atoms with van der Waals surface area (Å²) in [5.74, 6) is 5.20. The average molecular weight is 265 g/mol. The summed E-state index contributed by atoms with van der Waals surface area (Å²) in [6, 6.07) is 7.02. The van der Waals surface area contributed by atoms with Gasteiger partial charge in [-0.2, -0.15) is 0 Å². The Hall–Kier alpha value is -1.59. The van der Waals surface area contributed by atoms with Crippen molar-refractivity contribution in [3.8, 4) is 0 Å². The summed E-state index contributed by atoms with van der Waals surface area (Å²) in [5, 5.41) is 2.88. The number of hydrazine groups is 1. The van der Waals surface area contributed by atoms with Crippen molar-refractivity contribution in [2.75, 3.05) is 18.6 Å². The van der Waals surface area contributed by atoms with Crippen molar-refractivity contribution in [1.29, 1.82) is 0 Å². The molecule has 0 heterocycles. The smallest absolute Gasteiger partial charge is 0.251 e. The topological polar surface area (TPSA) is 76.4 Å². The Bertz CT molecular complexity index is 377. The van der Waals surface area contributed by atoms with E-state index in [1.54, 1.807) is 24.3 Å². The predicted octanol–water partition coefficient (Wildman–Crippen LogP) is 1.91. The van der Waals surface area contributed by atoms with Crippen LogP contribution in [0.3, 0.4) is 0 Å². The first-order valence-corrected chi connectivity index (χ1v) is 6.60. The standard InChI is InChI=1S/C14H23N3O2/c1-11(2)19-10-4-3-9-16-14(18)12-5-7-13(17-15)8-6-12/h5-8,11,17H,3-4,9-10,15H2,1-2H3,(H,16,18). The van der Waals surface area contributed by atoms with Crippen LogP contribution in [-0.2, 0) is 4.74 Å². The minimum atomic E-state index is -0.0617. The average Bonchev–Trinajstić information content (AvgIpc) is 2.42. The monoisotopic (exact) mass is 265 g/mol. The molecular weight excluding hydrogens is 242 g/mol. The fraction of sp³-hybridized carbons (Fsp3) is 0.500. The second kappa shape index (κ2) is 8.50. The molecule has 0 saturated heterocycles. The van der Waals surface area contributed by atoms with Gasteiger partial charge < -0.3 is 15.5 Å². The summed E-state index contributed by atoms with van der Waals surface area (Å²) in [7, 11) is 0. The lowest BCUT2D eigenvalue weighted by atomic mass is 10.2. The number of benzene rings is 1. The van der Waals surface area contributed by atoms with E-state index in [0.29, 0.717) is 12.1 Å². The molecule has 4 N–H and O–H groups in total. The Morgan fingerprint density at radius 1 is 1.26 bits per heavy atom. The van der Waals surface area contributed by atoms with Crippen molar-refractivity contribution < 1.29 is 9.53 Å². The molecule has 0 aliphatic carbocycles. The highest BCUT2D eigenvalue weighted by molar-refractivity contribution is 5.94. The molecule has 0 radical (unpaired) electrons. The second-order valence-corrected chi connectivity index (χ2v) is 4.60. The first-order chi connectivity index (χ1) is 9.13. The Morgan fingerprint density at radius 3 is 2.53 bits per heavy atom. The van der Waals surface area contributed by atoms with E-state index in [1.165, 1.54) is 0 Å². The van der Waals surface area contributed by atoms with Crippen molar-refractivity contribution in [2.45, 2.75) is 32.8 Å². The van der Waals surface area contributed by atoms with Gasteiger partial charge in [-0.3, -0.25) is 10.6 Å². The van der Waals surface area contributed by atoms with Gasteiger partial charge in [0.2, 0.25) is 0 Å². The molecule has 1 amide bonds. The van der Waals surface area contributed by atoms with Crippen LogP contribution in [0.4, 0.5) is 5.69 Å². The van der Waals surface area contributed by atoms with Gasteiger partial charge in [-0.1, -0.05) is 0 Å². The lowest BCUT2D eigenvalue weighted by Gasteiger charge is -2.08. The summed E-state index contributed by atoms with van der Waals surface area (Å²) >= 11 is 0. The molecular formula is C14H23N3O2. The maximum absolute atomic E-state index is 11.8. The SMILES string of the molecule is CC(C)OCCCCNC(=O)c1ccc(NN)cc1. The summed E-state index contributed by atoms with van der Waals surface area (Å²) in [5.41, 5.74) is 3.94. The third-order valence-corrected chi connectivity index (χ3v) is 2.62. The van der Waals surface area contributed by atoms with E-state index in [2.05, 4.69) is 10.7 Å². The summed E-state index contributed by atoms with van der Waals surface area (Å²) in [4.78, 5) is 11.8. The van der Waals surface area contributed by atoms with E-state index >= 15 is 0 Å². The number of nitrogens with one attached hydrogen (secondary N) is 2. The number of carbonyl (C=O) groups excluding carboxylic acids is 1. The van der Waals surface area contributed by atoms with E-state index in [9.17, 15) is 4.79 Å². The Labute approximate surface area is 114 Å². The molecule has 5 nitrogen and oxygen atoms in total. The summed E-state index contributed by atoms with van der Waals surface area (Å²) < 4.78 is 5.43. The molecule has 0 unspecified atom stereocenters. The molecule has 1 aromatic rings. The van der Waals surface area contributed by atoms with E-state index in [1.807, 2.05) is 13.8 Å². The zero-order chi connectivity index (χ0) is 14.1. The number of rotatable bonds is 8. The maximum Gasteiger partial charge on any atom is 0.251 e. The van der Waals surface area contributed by atoms with Gasteiger partial charge in [-0.05, 0) is 51.0 Å². The van der Waals surface area contributed by atoms with Gasteiger partial charge in [0.25, 0.3) is 5.91 Å². The number of hydrogen-bond acceptors (Lipinski definition) is 4. The number of ether oxygens (including phenoxy) is 1. The third-order valence-electron chi connectivity index (χ3n) is 2.62. The van der Waals surface area contributed by atoms with Crippen LogP contribution in [0.1, 0.15) is 37.0 Å². The van der Waals surface area contributed by atoms with Crippen LogP contribution in [0, 0.1) is 0 Å². The molecule has 0 fully saturated rings. The van der Waals surface area contributed by atoms with E-state index in [4.69, 9.17) is 10.6 Å². The van der Waals surface area contributed by atoms with Gasteiger partial charge in [-0.25, -0.2) is 0 Å². The van der Waals surface area contributed by atoms with Crippen LogP contribution in [0.2, 0.25) is 0 Å². The van der Waals surface area contributed by atoms with Crippen LogP contribution in [0.25, 0.3) is 0 Å². The quantitative estimate of drug-likeness (QED) is 0.381. The predicted molar refractivity (Wildman–Crippen MR) is 76.9 cm³/mol. The normalized spacial score (nSPS) is 10.5. The Morgan fingerprint density at radius 2 is 1.95 bits per heavy atom. The lowest BCUT2D eigenvalue weighted by Crippen LogP contribution is -2.24. The summed E-state index contributed by atoms with van der Waals surface area (Å²) in [6.45, 7) is 5.44. The van der Waals surface area contributed by atoms with Crippen molar-refractivity contribution in [3.63, 3.8) is 0 Å². The molecule has 19 heavy (non-hydrogen) atoms. The number of carbonyl (C=O) groups is 1. The van der Waals surface area contributed by atoms with Gasteiger partial charge >= 0.3 is 0 Å². The minimum absolute atomic E-state index is 0.0617. The second-order valence-electron chi connectivity index (χ2n) is 4.60. The summed E-state index contributed by atoms with van der Waals surface area (Å²) in [6.07, 6.45) is 2.14. The molecule has 1 rings (SSSR count). The molecule has 0 spiro atoms. The Balaban J connectivity index is 2.20. The Kier molecular flexibility index (Phi) is 6.92. The van der Waals surface area contributed by atoms with Gasteiger partial charge in [-0.15, -0.1) is 0 Å². The van der Waals surface area contributed by atoms with Gasteiger partial charge in [0, 0.05) is 24.4 Å². The van der Waals surface area contributed by atoms with Crippen LogP contribution < -0.4 is 16.6 Å². The van der Waals surface area contributed by atoms with E-state index in [0.717, 1.165) is 25.1 Å². The van der Waals surface area contributed by atoms with Gasteiger partial charge in [0.15, 0.2) is 0 Å². The number of nitrogen functional groups attached to an aromatic ring is 1. The molecule has 0 saturated carbocycles. The highest BCUT2D eigenvalue weighted by atomic mass is 16.5. The first kappa shape index (κ1) is 15.5. The zero-order valence-corrected chi connectivity index (χ0v) is 11.6. The van der Waals surface area contributed by atoms with Crippen molar-refractivity contribution in [1.82, 2.24) is 5.32 Å². The van der Waals surface area contributed by atoms with Crippen molar-refractivity contribution >= 4 is 11.6 Å². The molecule has 1 aromatic carbocycles. The molecule has 0 bridgehead atoms. The van der Waals surface area contributed by atoms with Crippen LogP contribution in [-0.4, -0.2) is 25.2 Å². The van der Waals surface area contributed by atoms with E-state index < -0.39 is 0 Å². The minimum Gasteiger partial charge on any atom is -0.379 e. The third kappa shape index (κ3) is 6.22. The highest BCUT2D eigenvalue weighted by Gasteiger charge is 2.04. The molecule has 0 atom stereocenters. The zero-order valence-electron chi connectivity index (χ0n) is 11.6. The molecule has 106 valence electrons. The van der Waals surface area contributed by atoms with Gasteiger partial charge in [0.1, 0.15) is 0 Å².